The maximum Gasteiger partial charge on any atom is 0.333 e. The van der Waals surface area contributed by atoms with E-state index in [1.54, 1.807) is 29.9 Å². The van der Waals surface area contributed by atoms with Gasteiger partial charge in [-0.05, 0) is 23.3 Å². The third-order valence-electron chi connectivity index (χ3n) is 5.38. The number of rotatable bonds is 9. The Morgan fingerprint density at radius 3 is 2.56 bits per heavy atom. The number of hydrogen-bond acceptors (Lipinski definition) is 5. The standard InChI is InChI=1S/C24H24ClN5O4/c1-34-11-10-28-16-27-22-21(28)23(32)30(24(33)29(22)14-17-6-3-2-4-7-17)15-20(31)26-13-18-8-5-9-19(25)12-18/h2-9,12,16H,10-11,13-15H2,1H3,(H,26,31). The fourth-order valence-electron chi connectivity index (χ4n) is 3.69. The molecular formula is C24H24ClN5O4. The van der Waals surface area contributed by atoms with Gasteiger partial charge in [0.1, 0.15) is 6.54 Å². The van der Waals surface area contributed by atoms with Gasteiger partial charge in [-0.15, -0.1) is 0 Å². The van der Waals surface area contributed by atoms with Crippen molar-refractivity contribution in [1.29, 1.82) is 0 Å². The summed E-state index contributed by atoms with van der Waals surface area (Å²) in [6.07, 6.45) is 1.51. The molecule has 1 amide bonds. The van der Waals surface area contributed by atoms with Crippen LogP contribution in [-0.4, -0.2) is 38.3 Å². The van der Waals surface area contributed by atoms with E-state index >= 15 is 0 Å². The molecule has 0 spiro atoms. The molecule has 0 bridgehead atoms. The van der Waals surface area contributed by atoms with E-state index in [-0.39, 0.29) is 24.3 Å². The highest BCUT2D eigenvalue weighted by molar-refractivity contribution is 6.30. The van der Waals surface area contributed by atoms with Gasteiger partial charge in [-0.2, -0.15) is 0 Å². The van der Waals surface area contributed by atoms with Crippen LogP contribution in [0.2, 0.25) is 5.02 Å². The van der Waals surface area contributed by atoms with Crippen molar-refractivity contribution >= 4 is 28.7 Å². The van der Waals surface area contributed by atoms with E-state index in [0.717, 1.165) is 15.7 Å². The molecule has 2 aromatic carbocycles. The zero-order chi connectivity index (χ0) is 24.1. The first-order valence-corrected chi connectivity index (χ1v) is 11.1. The van der Waals surface area contributed by atoms with E-state index in [1.807, 2.05) is 36.4 Å². The van der Waals surface area contributed by atoms with Crippen LogP contribution in [0.5, 0.6) is 0 Å². The molecule has 0 unspecified atom stereocenters. The first-order chi connectivity index (χ1) is 16.5. The summed E-state index contributed by atoms with van der Waals surface area (Å²) < 4.78 is 9.14. The summed E-state index contributed by atoms with van der Waals surface area (Å²) in [5.74, 6) is -0.465. The van der Waals surface area contributed by atoms with E-state index < -0.39 is 23.7 Å². The molecule has 0 saturated heterocycles. The molecular weight excluding hydrogens is 458 g/mol. The molecule has 0 atom stereocenters. The SMILES string of the molecule is COCCn1cnc2c1c(=O)n(CC(=O)NCc1cccc(Cl)c1)c(=O)n2Cc1ccccc1. The highest BCUT2D eigenvalue weighted by Crippen LogP contribution is 2.11. The minimum Gasteiger partial charge on any atom is -0.383 e. The summed E-state index contributed by atoms with van der Waals surface area (Å²) in [6, 6.07) is 16.5. The normalized spacial score (nSPS) is 11.1. The smallest absolute Gasteiger partial charge is 0.333 e. The van der Waals surface area contributed by atoms with Gasteiger partial charge >= 0.3 is 5.69 Å². The Balaban J connectivity index is 1.70. The molecule has 0 saturated carbocycles. The number of imidazole rings is 1. The van der Waals surface area contributed by atoms with Crippen molar-refractivity contribution in [2.75, 3.05) is 13.7 Å². The van der Waals surface area contributed by atoms with E-state index in [9.17, 15) is 14.4 Å². The van der Waals surface area contributed by atoms with Crippen molar-refractivity contribution in [3.8, 4) is 0 Å². The van der Waals surface area contributed by atoms with Gasteiger partial charge in [-0.25, -0.2) is 14.3 Å². The van der Waals surface area contributed by atoms with E-state index in [4.69, 9.17) is 16.3 Å². The second kappa shape index (κ2) is 10.5. The molecule has 9 nitrogen and oxygen atoms in total. The molecule has 176 valence electrons. The third kappa shape index (κ3) is 5.11. The number of nitrogens with one attached hydrogen (secondary N) is 1. The van der Waals surface area contributed by atoms with Crippen LogP contribution in [0.1, 0.15) is 11.1 Å². The summed E-state index contributed by atoms with van der Waals surface area (Å²) in [6.45, 7) is 0.760. The largest absolute Gasteiger partial charge is 0.383 e. The minimum atomic E-state index is -0.601. The lowest BCUT2D eigenvalue weighted by Gasteiger charge is -2.13. The predicted octanol–water partition coefficient (Wildman–Crippen LogP) is 2.02. The summed E-state index contributed by atoms with van der Waals surface area (Å²) in [5, 5.41) is 3.30. The lowest BCUT2D eigenvalue weighted by molar-refractivity contribution is -0.121. The zero-order valence-electron chi connectivity index (χ0n) is 18.6. The van der Waals surface area contributed by atoms with Crippen LogP contribution in [0.4, 0.5) is 0 Å². The van der Waals surface area contributed by atoms with Crippen LogP contribution in [0.15, 0.2) is 70.5 Å². The number of carbonyl (C=O) groups is 1. The Hall–Kier alpha value is -3.69. The average molecular weight is 482 g/mol. The molecule has 1 N–H and O–H groups in total. The van der Waals surface area contributed by atoms with E-state index in [0.29, 0.717) is 18.2 Å². The monoisotopic (exact) mass is 481 g/mol. The molecule has 2 heterocycles. The molecule has 0 aliphatic rings. The molecule has 0 aliphatic heterocycles. The molecule has 0 fully saturated rings. The molecule has 0 radical (unpaired) electrons. The van der Waals surface area contributed by atoms with Crippen molar-refractivity contribution in [3.05, 3.63) is 97.9 Å². The first kappa shape index (κ1) is 23.5. The molecule has 10 heteroatoms. The molecule has 4 aromatic rings. The van der Waals surface area contributed by atoms with Crippen LogP contribution in [-0.2, 0) is 35.7 Å². The fraction of sp³-hybridized carbons (Fsp3) is 0.250. The molecule has 4 rings (SSSR count). The van der Waals surface area contributed by atoms with Crippen molar-refractivity contribution in [1.82, 2.24) is 24.0 Å². The quantitative estimate of drug-likeness (QED) is 0.394. The Bertz CT molecular complexity index is 1430. The second-order valence-corrected chi connectivity index (χ2v) is 8.19. The average Bonchev–Trinajstić information content (AvgIpc) is 3.26. The van der Waals surface area contributed by atoms with Gasteiger partial charge < -0.3 is 14.6 Å². The number of halogens is 1. The van der Waals surface area contributed by atoms with E-state index in [2.05, 4.69) is 10.3 Å². The van der Waals surface area contributed by atoms with Crippen LogP contribution in [0.25, 0.3) is 11.2 Å². The number of benzene rings is 2. The van der Waals surface area contributed by atoms with Gasteiger partial charge in [0.2, 0.25) is 5.91 Å². The highest BCUT2D eigenvalue weighted by atomic mass is 35.5. The van der Waals surface area contributed by atoms with Gasteiger partial charge in [0.25, 0.3) is 5.56 Å². The minimum absolute atomic E-state index is 0.210. The maximum atomic E-state index is 13.3. The second-order valence-electron chi connectivity index (χ2n) is 7.76. The number of aromatic nitrogens is 4. The number of fused-ring (bicyclic) bond motifs is 1. The predicted molar refractivity (Wildman–Crippen MR) is 129 cm³/mol. The Kier molecular flexibility index (Phi) is 7.24. The Morgan fingerprint density at radius 2 is 1.82 bits per heavy atom. The molecule has 2 aromatic heterocycles. The zero-order valence-corrected chi connectivity index (χ0v) is 19.4. The van der Waals surface area contributed by atoms with Gasteiger partial charge in [0.05, 0.1) is 19.5 Å². The lowest BCUT2D eigenvalue weighted by atomic mass is 10.2. The van der Waals surface area contributed by atoms with Crippen LogP contribution in [0, 0.1) is 0 Å². The fourth-order valence-corrected chi connectivity index (χ4v) is 3.91. The first-order valence-electron chi connectivity index (χ1n) is 10.7. The van der Waals surface area contributed by atoms with Crippen LogP contribution in [0.3, 0.4) is 0 Å². The highest BCUT2D eigenvalue weighted by Gasteiger charge is 2.20. The van der Waals surface area contributed by atoms with E-state index in [1.165, 1.54) is 10.9 Å². The van der Waals surface area contributed by atoms with Crippen LogP contribution >= 0.6 is 11.6 Å². The van der Waals surface area contributed by atoms with Gasteiger partial charge in [0.15, 0.2) is 11.2 Å². The summed E-state index contributed by atoms with van der Waals surface area (Å²) in [4.78, 5) is 43.7. The summed E-state index contributed by atoms with van der Waals surface area (Å²) in [5.41, 5.74) is 1.02. The number of ether oxygens (including phenoxy) is 1. The summed E-state index contributed by atoms with van der Waals surface area (Å²) in [7, 11) is 1.56. The number of methoxy groups -OCH3 is 1. The van der Waals surface area contributed by atoms with Gasteiger partial charge in [-0.1, -0.05) is 54.1 Å². The topological polar surface area (TPSA) is 100 Å². The number of nitrogens with zero attached hydrogens (tertiary/aromatic N) is 4. The van der Waals surface area contributed by atoms with Crippen LogP contribution < -0.4 is 16.6 Å². The Labute approximate surface area is 200 Å². The summed E-state index contributed by atoms with van der Waals surface area (Å²) >= 11 is 5.99. The third-order valence-corrected chi connectivity index (χ3v) is 5.62. The maximum absolute atomic E-state index is 13.3. The Morgan fingerprint density at radius 1 is 1.06 bits per heavy atom. The van der Waals surface area contributed by atoms with Crippen molar-refractivity contribution < 1.29 is 9.53 Å². The number of carbonyl (C=O) groups excluding carboxylic acids is 1. The van der Waals surface area contributed by atoms with Gasteiger partial charge in [0, 0.05) is 25.2 Å². The molecule has 34 heavy (non-hydrogen) atoms. The van der Waals surface area contributed by atoms with Crippen molar-refractivity contribution in [3.63, 3.8) is 0 Å². The molecule has 0 aliphatic carbocycles. The van der Waals surface area contributed by atoms with Crippen molar-refractivity contribution in [2.24, 2.45) is 0 Å². The van der Waals surface area contributed by atoms with Gasteiger partial charge in [-0.3, -0.25) is 14.2 Å². The number of hydrogen-bond donors (Lipinski definition) is 1. The lowest BCUT2D eigenvalue weighted by Crippen LogP contribution is -2.44. The van der Waals surface area contributed by atoms with Crippen molar-refractivity contribution in [2.45, 2.75) is 26.2 Å². The number of amides is 1.